The minimum Gasteiger partial charge on any atom is -0.479 e. The number of nitrogens with one attached hydrogen (secondary N) is 1. The summed E-state index contributed by atoms with van der Waals surface area (Å²) < 4.78 is 0. The van der Waals surface area contributed by atoms with Crippen LogP contribution in [-0.2, 0) is 9.59 Å². The number of carboxylic acids is 1. The van der Waals surface area contributed by atoms with Crippen LogP contribution in [0.15, 0.2) is 0 Å². The van der Waals surface area contributed by atoms with Gasteiger partial charge in [-0.3, -0.25) is 4.79 Å². The van der Waals surface area contributed by atoms with Gasteiger partial charge in [-0.2, -0.15) is 0 Å². The number of aliphatic hydroxyl groups is 1. The summed E-state index contributed by atoms with van der Waals surface area (Å²) in [6.07, 6.45) is 2.58. The zero-order valence-corrected chi connectivity index (χ0v) is 9.53. The molecule has 16 heavy (non-hydrogen) atoms. The van der Waals surface area contributed by atoms with Crippen LogP contribution in [0.4, 0.5) is 0 Å². The van der Waals surface area contributed by atoms with Crippen molar-refractivity contribution in [1.29, 1.82) is 0 Å². The van der Waals surface area contributed by atoms with Crippen molar-refractivity contribution in [3.8, 4) is 0 Å². The molecule has 1 atom stereocenters. The van der Waals surface area contributed by atoms with Crippen LogP contribution in [0.2, 0.25) is 0 Å². The number of aliphatic hydroxyl groups excluding tert-OH is 1. The van der Waals surface area contributed by atoms with Crippen LogP contribution in [-0.4, -0.2) is 34.7 Å². The first-order valence-corrected chi connectivity index (χ1v) is 5.65. The molecule has 0 radical (unpaired) electrons. The predicted molar refractivity (Wildman–Crippen MR) is 57.8 cm³/mol. The van der Waals surface area contributed by atoms with Gasteiger partial charge in [0.25, 0.3) is 0 Å². The number of hydrogen-bond donors (Lipinski definition) is 3. The van der Waals surface area contributed by atoms with E-state index >= 15 is 0 Å². The maximum atomic E-state index is 11.8. The molecule has 0 aromatic rings. The van der Waals surface area contributed by atoms with Crippen LogP contribution in [0.3, 0.4) is 0 Å². The maximum absolute atomic E-state index is 11.8. The van der Waals surface area contributed by atoms with Gasteiger partial charge in [0.05, 0.1) is 0 Å². The molecule has 1 fully saturated rings. The highest BCUT2D eigenvalue weighted by Crippen LogP contribution is 2.37. The Hall–Kier alpha value is -1.10. The number of carbonyl (C=O) groups is 2. The van der Waals surface area contributed by atoms with Gasteiger partial charge in [-0.15, -0.1) is 0 Å². The summed E-state index contributed by atoms with van der Waals surface area (Å²) in [5.41, 5.74) is -0.297. The normalized spacial score (nSPS) is 20.4. The van der Waals surface area contributed by atoms with E-state index in [9.17, 15) is 9.59 Å². The number of rotatable bonds is 5. The first-order valence-electron chi connectivity index (χ1n) is 5.65. The predicted octanol–water partition coefficient (Wildman–Crippen LogP) is 0.518. The Bertz CT molecular complexity index is 271. The van der Waals surface area contributed by atoms with Crippen LogP contribution in [0.5, 0.6) is 0 Å². The lowest BCUT2D eigenvalue weighted by molar-refractivity contribution is -0.147. The molecule has 1 aliphatic rings. The molecule has 92 valence electrons. The lowest BCUT2D eigenvalue weighted by atomic mass is 9.88. The molecule has 1 rings (SSSR count). The summed E-state index contributed by atoms with van der Waals surface area (Å²) in [6, 6.07) is 0. The molecule has 3 N–H and O–H groups in total. The monoisotopic (exact) mass is 229 g/mol. The summed E-state index contributed by atoms with van der Waals surface area (Å²) in [4.78, 5) is 22.1. The molecule has 0 saturated heterocycles. The van der Waals surface area contributed by atoms with E-state index in [1.807, 2.05) is 6.92 Å². The number of aliphatic carboxylic acids is 1. The zero-order valence-electron chi connectivity index (χ0n) is 9.53. The van der Waals surface area contributed by atoms with Crippen molar-refractivity contribution in [2.75, 3.05) is 6.54 Å². The van der Waals surface area contributed by atoms with E-state index in [1.165, 1.54) is 0 Å². The third-order valence-corrected chi connectivity index (χ3v) is 3.24. The molecule has 0 heterocycles. The fourth-order valence-electron chi connectivity index (χ4n) is 2.04. The number of carboxylic acid groups (broad SMARTS) is 1. The lowest BCUT2D eigenvalue weighted by Crippen LogP contribution is -2.39. The molecule has 5 nitrogen and oxygen atoms in total. The average Bonchev–Trinajstić information content (AvgIpc) is 2.66. The second kappa shape index (κ2) is 5.30. The Labute approximate surface area is 94.8 Å². The van der Waals surface area contributed by atoms with E-state index in [0.29, 0.717) is 0 Å². The Morgan fingerprint density at radius 3 is 2.44 bits per heavy atom. The fourth-order valence-corrected chi connectivity index (χ4v) is 2.04. The van der Waals surface area contributed by atoms with Crippen molar-refractivity contribution in [2.24, 2.45) is 5.41 Å². The van der Waals surface area contributed by atoms with Crippen molar-refractivity contribution in [2.45, 2.75) is 45.1 Å². The lowest BCUT2D eigenvalue weighted by Gasteiger charge is -2.22. The van der Waals surface area contributed by atoms with Gasteiger partial charge >= 0.3 is 5.97 Å². The van der Waals surface area contributed by atoms with Crippen molar-refractivity contribution < 1.29 is 19.8 Å². The van der Waals surface area contributed by atoms with E-state index < -0.39 is 12.1 Å². The molecule has 0 unspecified atom stereocenters. The Balaban J connectivity index is 2.27. The number of hydrogen-bond acceptors (Lipinski definition) is 3. The zero-order chi connectivity index (χ0) is 12.2. The Kier molecular flexibility index (Phi) is 4.29. The number of carbonyl (C=O) groups excluding carboxylic acids is 1. The summed E-state index contributed by atoms with van der Waals surface area (Å²) in [5, 5.41) is 20.2. The van der Waals surface area contributed by atoms with E-state index in [1.54, 1.807) is 0 Å². The van der Waals surface area contributed by atoms with Crippen molar-refractivity contribution in [1.82, 2.24) is 5.32 Å². The van der Waals surface area contributed by atoms with Crippen molar-refractivity contribution >= 4 is 11.9 Å². The Morgan fingerprint density at radius 1 is 1.38 bits per heavy atom. The topological polar surface area (TPSA) is 86.6 Å². The molecule has 1 amide bonds. The molecule has 0 aromatic heterocycles. The van der Waals surface area contributed by atoms with Crippen LogP contribution >= 0.6 is 0 Å². The molecule has 0 aliphatic heterocycles. The molecule has 0 spiro atoms. The smallest absolute Gasteiger partial charge is 0.332 e. The quantitative estimate of drug-likeness (QED) is 0.641. The van der Waals surface area contributed by atoms with Gasteiger partial charge < -0.3 is 15.5 Å². The summed E-state index contributed by atoms with van der Waals surface area (Å²) in [7, 11) is 0. The molecule has 5 heteroatoms. The maximum Gasteiger partial charge on any atom is 0.332 e. The highest BCUT2D eigenvalue weighted by molar-refractivity contribution is 5.82. The standard InChI is InChI=1S/C11H19NO4/c1-11(5-2-3-6-11)10(16)12-7-4-8(13)9(14)15/h8,13H,2-7H2,1H3,(H,12,16)(H,14,15)/t8-/m0/s1. The van der Waals surface area contributed by atoms with Gasteiger partial charge in [-0.25, -0.2) is 4.79 Å². The Morgan fingerprint density at radius 2 is 1.94 bits per heavy atom. The van der Waals surface area contributed by atoms with Crippen molar-refractivity contribution in [3.63, 3.8) is 0 Å². The van der Waals surface area contributed by atoms with Crippen LogP contribution in [0.1, 0.15) is 39.0 Å². The van der Waals surface area contributed by atoms with Gasteiger partial charge in [-0.05, 0) is 12.8 Å². The first kappa shape index (κ1) is 13.0. The van der Waals surface area contributed by atoms with Gasteiger partial charge in [0, 0.05) is 18.4 Å². The highest BCUT2D eigenvalue weighted by Gasteiger charge is 2.35. The SMILES string of the molecule is CC1(C(=O)NCC[C@H](O)C(=O)O)CCCC1. The molecular weight excluding hydrogens is 210 g/mol. The molecule has 1 aliphatic carbocycles. The average molecular weight is 229 g/mol. The minimum absolute atomic E-state index is 0.0254. The summed E-state index contributed by atoms with van der Waals surface area (Å²) in [6.45, 7) is 2.14. The van der Waals surface area contributed by atoms with Crippen molar-refractivity contribution in [3.05, 3.63) is 0 Å². The van der Waals surface area contributed by atoms with Crippen LogP contribution < -0.4 is 5.32 Å². The van der Waals surface area contributed by atoms with E-state index in [4.69, 9.17) is 10.2 Å². The molecule has 1 saturated carbocycles. The van der Waals surface area contributed by atoms with E-state index in [0.717, 1.165) is 25.7 Å². The summed E-state index contributed by atoms with van der Waals surface area (Å²) >= 11 is 0. The summed E-state index contributed by atoms with van der Waals surface area (Å²) in [5.74, 6) is -1.27. The van der Waals surface area contributed by atoms with Gasteiger partial charge in [0.2, 0.25) is 5.91 Å². The largest absolute Gasteiger partial charge is 0.479 e. The molecular formula is C11H19NO4. The van der Waals surface area contributed by atoms with Gasteiger partial charge in [0.15, 0.2) is 6.10 Å². The van der Waals surface area contributed by atoms with Crippen LogP contribution in [0.25, 0.3) is 0 Å². The van der Waals surface area contributed by atoms with Gasteiger partial charge in [-0.1, -0.05) is 19.8 Å². The third-order valence-electron chi connectivity index (χ3n) is 3.24. The minimum atomic E-state index is -1.39. The first-order chi connectivity index (χ1) is 7.46. The van der Waals surface area contributed by atoms with E-state index in [-0.39, 0.29) is 24.3 Å². The highest BCUT2D eigenvalue weighted by atomic mass is 16.4. The number of amides is 1. The van der Waals surface area contributed by atoms with Gasteiger partial charge in [0.1, 0.15) is 0 Å². The van der Waals surface area contributed by atoms with Crippen LogP contribution in [0, 0.1) is 5.41 Å². The van der Waals surface area contributed by atoms with E-state index in [2.05, 4.69) is 5.32 Å². The molecule has 0 bridgehead atoms. The second-order valence-corrected chi connectivity index (χ2v) is 4.67. The second-order valence-electron chi connectivity index (χ2n) is 4.67. The third kappa shape index (κ3) is 3.20. The fraction of sp³-hybridized carbons (Fsp3) is 0.818. The molecule has 0 aromatic carbocycles.